The highest BCUT2D eigenvalue weighted by Crippen LogP contribution is 2.47. The van der Waals surface area contributed by atoms with E-state index in [-0.39, 0.29) is 0 Å². The SMILES string of the molecule is C1=Cc2ccc(-c3ccc4c(c3)c3cccnc3n4-c3ccccn3)cc2-c2ccc3ccccc3c2Sc2ccccc2-c2ccccc21. The van der Waals surface area contributed by atoms with Crippen molar-refractivity contribution in [2.75, 3.05) is 0 Å². The van der Waals surface area contributed by atoms with Gasteiger partial charge in [0, 0.05) is 33.0 Å². The fourth-order valence-electron chi connectivity index (χ4n) is 7.38. The zero-order valence-corrected chi connectivity index (χ0v) is 27.8. The summed E-state index contributed by atoms with van der Waals surface area (Å²) in [7, 11) is 0. The van der Waals surface area contributed by atoms with Crippen LogP contribution in [0, 0.1) is 0 Å². The standard InChI is InChI=1S/C46H29N3S/c1-3-12-35-30(10-1)18-19-32-20-21-33(34-23-25-42-41(29-34)39-15-9-27-48-46(39)49(42)44-17-7-8-26-47-44)28-40(32)38-24-22-31-11-2-4-13-36(31)45(38)50-43-16-6-5-14-37(35)43/h1-29H. The molecule has 0 saturated heterocycles. The van der Waals surface area contributed by atoms with E-state index in [2.05, 4.69) is 149 Å². The van der Waals surface area contributed by atoms with Crippen LogP contribution in [0.3, 0.4) is 0 Å². The lowest BCUT2D eigenvalue weighted by Crippen LogP contribution is -1.97. The molecule has 0 bridgehead atoms. The van der Waals surface area contributed by atoms with Gasteiger partial charge in [-0.05, 0) is 104 Å². The van der Waals surface area contributed by atoms with Crippen molar-refractivity contribution in [1.29, 1.82) is 0 Å². The molecule has 0 spiro atoms. The molecular weight excluding hydrogens is 627 g/mol. The summed E-state index contributed by atoms with van der Waals surface area (Å²) >= 11 is 1.87. The number of nitrogens with zero attached hydrogens (tertiary/aromatic N) is 3. The first kappa shape index (κ1) is 28.8. The summed E-state index contributed by atoms with van der Waals surface area (Å²) in [4.78, 5) is 12.0. The van der Waals surface area contributed by atoms with Crippen LogP contribution in [0.5, 0.6) is 0 Å². The Labute approximate surface area is 294 Å². The van der Waals surface area contributed by atoms with Crippen molar-refractivity contribution in [3.05, 3.63) is 175 Å². The summed E-state index contributed by atoms with van der Waals surface area (Å²) in [5.41, 5.74) is 11.6. The van der Waals surface area contributed by atoms with Gasteiger partial charge in [-0.1, -0.05) is 127 Å². The molecule has 4 heterocycles. The summed E-state index contributed by atoms with van der Waals surface area (Å²) in [6.07, 6.45) is 8.24. The van der Waals surface area contributed by atoms with Gasteiger partial charge in [-0.2, -0.15) is 0 Å². The van der Waals surface area contributed by atoms with E-state index in [4.69, 9.17) is 4.98 Å². The fourth-order valence-corrected chi connectivity index (χ4v) is 8.62. The molecule has 9 aromatic rings. The summed E-state index contributed by atoms with van der Waals surface area (Å²) in [5.74, 6) is 0.860. The predicted molar refractivity (Wildman–Crippen MR) is 210 cm³/mol. The van der Waals surface area contributed by atoms with E-state index in [0.29, 0.717) is 0 Å². The normalized spacial score (nSPS) is 12.2. The largest absolute Gasteiger partial charge is 0.278 e. The number of aromatic nitrogens is 3. The van der Waals surface area contributed by atoms with E-state index in [9.17, 15) is 0 Å². The number of benzene rings is 6. The monoisotopic (exact) mass is 655 g/mol. The van der Waals surface area contributed by atoms with Crippen molar-refractivity contribution in [3.63, 3.8) is 0 Å². The molecule has 1 aliphatic heterocycles. The van der Waals surface area contributed by atoms with Crippen LogP contribution in [0.4, 0.5) is 0 Å². The van der Waals surface area contributed by atoms with E-state index in [1.54, 1.807) is 0 Å². The van der Waals surface area contributed by atoms with Gasteiger partial charge in [0.2, 0.25) is 0 Å². The Kier molecular flexibility index (Phi) is 6.74. The predicted octanol–water partition coefficient (Wildman–Crippen LogP) is 12.4. The number of fused-ring (bicyclic) bond motifs is 11. The molecule has 0 amide bonds. The molecule has 0 unspecified atom stereocenters. The summed E-state index contributed by atoms with van der Waals surface area (Å²) in [6.45, 7) is 0. The van der Waals surface area contributed by atoms with Gasteiger partial charge in [0.15, 0.2) is 0 Å². The molecule has 0 saturated carbocycles. The van der Waals surface area contributed by atoms with Gasteiger partial charge in [0.1, 0.15) is 11.5 Å². The lowest BCUT2D eigenvalue weighted by Gasteiger charge is -2.17. The second-order valence-electron chi connectivity index (χ2n) is 12.6. The lowest BCUT2D eigenvalue weighted by atomic mass is 9.92. The average molecular weight is 656 g/mol. The molecule has 0 fully saturated rings. The van der Waals surface area contributed by atoms with Gasteiger partial charge in [-0.15, -0.1) is 0 Å². The summed E-state index contributed by atoms with van der Waals surface area (Å²) < 4.78 is 2.16. The van der Waals surface area contributed by atoms with Crippen molar-refractivity contribution in [1.82, 2.24) is 14.5 Å². The third kappa shape index (κ3) is 4.68. The van der Waals surface area contributed by atoms with Crippen LogP contribution in [0.2, 0.25) is 0 Å². The highest BCUT2D eigenvalue weighted by Gasteiger charge is 2.19. The minimum atomic E-state index is 0.860. The molecular formula is C46H29N3S. The number of hydrogen-bond donors (Lipinski definition) is 0. The topological polar surface area (TPSA) is 30.7 Å². The molecule has 234 valence electrons. The smallest absolute Gasteiger partial charge is 0.146 e. The van der Waals surface area contributed by atoms with E-state index in [0.717, 1.165) is 33.3 Å². The molecule has 10 rings (SSSR count). The molecule has 0 aliphatic carbocycles. The fraction of sp³-hybridized carbons (Fsp3) is 0. The Morgan fingerprint density at radius 3 is 2.12 bits per heavy atom. The number of rotatable bonds is 2. The van der Waals surface area contributed by atoms with Gasteiger partial charge in [-0.25, -0.2) is 9.97 Å². The number of pyridine rings is 2. The molecule has 0 radical (unpaired) electrons. The molecule has 0 N–H and O–H groups in total. The quantitative estimate of drug-likeness (QED) is 0.186. The third-order valence-corrected chi connectivity index (χ3v) is 11.0. The van der Waals surface area contributed by atoms with Crippen LogP contribution in [-0.4, -0.2) is 14.5 Å². The minimum absolute atomic E-state index is 0.860. The minimum Gasteiger partial charge on any atom is -0.278 e. The van der Waals surface area contributed by atoms with E-state index >= 15 is 0 Å². The van der Waals surface area contributed by atoms with Crippen LogP contribution >= 0.6 is 11.8 Å². The van der Waals surface area contributed by atoms with Crippen LogP contribution in [-0.2, 0) is 0 Å². The summed E-state index contributed by atoms with van der Waals surface area (Å²) in [5, 5.41) is 4.76. The Bertz CT molecular complexity index is 2790. The van der Waals surface area contributed by atoms with Crippen LogP contribution in [0.1, 0.15) is 11.1 Å². The Morgan fingerprint density at radius 1 is 0.460 bits per heavy atom. The first-order valence-electron chi connectivity index (χ1n) is 16.8. The second kappa shape index (κ2) is 11.7. The Morgan fingerprint density at radius 2 is 1.20 bits per heavy atom. The highest BCUT2D eigenvalue weighted by molar-refractivity contribution is 7.99. The maximum absolute atomic E-state index is 4.79. The van der Waals surface area contributed by atoms with E-state index in [1.807, 2.05) is 48.4 Å². The van der Waals surface area contributed by atoms with Gasteiger partial charge in [-0.3, -0.25) is 4.57 Å². The third-order valence-electron chi connectivity index (χ3n) is 9.75. The van der Waals surface area contributed by atoms with Crippen LogP contribution in [0.25, 0.3) is 84.1 Å². The first-order chi connectivity index (χ1) is 24.8. The Hall–Kier alpha value is -6.23. The number of hydrogen-bond acceptors (Lipinski definition) is 3. The lowest BCUT2D eigenvalue weighted by molar-refractivity contribution is 1.06. The van der Waals surface area contributed by atoms with Gasteiger partial charge >= 0.3 is 0 Å². The molecule has 3 nitrogen and oxygen atoms in total. The first-order valence-corrected chi connectivity index (χ1v) is 17.6. The van der Waals surface area contributed by atoms with Crippen LogP contribution < -0.4 is 0 Å². The van der Waals surface area contributed by atoms with Crippen molar-refractivity contribution < 1.29 is 0 Å². The maximum atomic E-state index is 4.79. The molecule has 0 atom stereocenters. The average Bonchev–Trinajstić information content (AvgIpc) is 3.50. The molecule has 1 aliphatic rings. The van der Waals surface area contributed by atoms with Crippen molar-refractivity contribution in [3.8, 4) is 39.2 Å². The van der Waals surface area contributed by atoms with Crippen molar-refractivity contribution >= 4 is 56.6 Å². The van der Waals surface area contributed by atoms with Gasteiger partial charge in [0.25, 0.3) is 0 Å². The van der Waals surface area contributed by atoms with Gasteiger partial charge in [0.05, 0.1) is 5.52 Å². The van der Waals surface area contributed by atoms with Crippen molar-refractivity contribution in [2.45, 2.75) is 9.79 Å². The molecule has 6 aromatic carbocycles. The zero-order valence-electron chi connectivity index (χ0n) is 27.0. The maximum Gasteiger partial charge on any atom is 0.146 e. The molecule has 3 aromatic heterocycles. The van der Waals surface area contributed by atoms with Crippen molar-refractivity contribution in [2.24, 2.45) is 0 Å². The van der Waals surface area contributed by atoms with E-state index in [1.165, 1.54) is 59.5 Å². The summed E-state index contributed by atoms with van der Waals surface area (Å²) in [6, 6.07) is 54.7. The van der Waals surface area contributed by atoms with Gasteiger partial charge < -0.3 is 0 Å². The van der Waals surface area contributed by atoms with E-state index < -0.39 is 0 Å². The molecule has 4 heteroatoms. The van der Waals surface area contributed by atoms with Crippen LogP contribution in [0.15, 0.2) is 174 Å². The molecule has 50 heavy (non-hydrogen) atoms. The highest BCUT2D eigenvalue weighted by atomic mass is 32.2. The Balaban J connectivity index is 1.22. The zero-order chi connectivity index (χ0) is 33.0. The second-order valence-corrected chi connectivity index (χ2v) is 13.7.